The van der Waals surface area contributed by atoms with E-state index in [2.05, 4.69) is 150 Å². The van der Waals surface area contributed by atoms with Crippen LogP contribution in [-0.2, 0) is 0 Å². The molecule has 2 heterocycles. The molecule has 0 aliphatic heterocycles. The van der Waals surface area contributed by atoms with Crippen molar-refractivity contribution < 1.29 is 4.42 Å². The summed E-state index contributed by atoms with van der Waals surface area (Å²) in [6.45, 7) is 0. The molecule has 2 aromatic heterocycles. The molecule has 0 radical (unpaired) electrons. The van der Waals surface area contributed by atoms with Crippen LogP contribution in [0.3, 0.4) is 0 Å². The van der Waals surface area contributed by atoms with E-state index in [0.29, 0.717) is 0 Å². The summed E-state index contributed by atoms with van der Waals surface area (Å²) in [5.41, 5.74) is 12.1. The van der Waals surface area contributed by atoms with Crippen LogP contribution in [-0.4, -0.2) is 4.98 Å². The fourth-order valence-corrected chi connectivity index (χ4v) is 8.16. The first-order valence-corrected chi connectivity index (χ1v) is 16.6. The molecule has 0 amide bonds. The third-order valence-electron chi connectivity index (χ3n) is 9.22. The summed E-state index contributed by atoms with van der Waals surface area (Å²) in [4.78, 5) is 8.85. The molecule has 10 rings (SSSR count). The van der Waals surface area contributed by atoms with Gasteiger partial charge in [-0.05, 0) is 70.4 Å². The van der Waals surface area contributed by atoms with Crippen LogP contribution >= 0.6 is 11.3 Å². The molecule has 0 saturated carbocycles. The average Bonchev–Trinajstić information content (AvgIpc) is 3.82. The Balaban J connectivity index is 1.18. The zero-order valence-corrected chi connectivity index (χ0v) is 26.0. The van der Waals surface area contributed by atoms with Crippen LogP contribution in [0.4, 0.5) is 17.1 Å². The number of thiazole rings is 1. The Morgan fingerprint density at radius 3 is 2.02 bits per heavy atom. The van der Waals surface area contributed by atoms with Crippen LogP contribution in [0.5, 0.6) is 0 Å². The first kappa shape index (κ1) is 26.3. The van der Waals surface area contributed by atoms with Gasteiger partial charge in [0, 0.05) is 44.5 Å². The van der Waals surface area contributed by atoms with E-state index in [1.54, 1.807) is 11.3 Å². The van der Waals surface area contributed by atoms with Gasteiger partial charge in [-0.25, -0.2) is 4.98 Å². The standard InChI is InChI=1S/C43H26N2OS/c1-3-10-27(11-4-1)28-18-20-31(21-19-28)45(32-22-23-39-36(25-32)34-15-7-8-17-38(34)46-39)33-24-30-14-9-16-35-40(30)37(26-33)41-42(35)47-43(44-41)29-12-5-2-6-13-29/h1-26H. The van der Waals surface area contributed by atoms with Gasteiger partial charge < -0.3 is 9.32 Å². The minimum atomic E-state index is 0.886. The lowest BCUT2D eigenvalue weighted by Crippen LogP contribution is -2.10. The SMILES string of the molecule is c1ccc(-c2ccc(N(c3cc4c5c(cccc5c3)-c3sc(-c5ccccc5)nc3-4)c3ccc4oc5ccccc5c4c3)cc2)cc1. The second kappa shape index (κ2) is 10.3. The number of anilines is 3. The number of benzene rings is 7. The summed E-state index contributed by atoms with van der Waals surface area (Å²) in [7, 11) is 0. The first-order valence-electron chi connectivity index (χ1n) is 15.8. The lowest BCUT2D eigenvalue weighted by atomic mass is 10.0. The van der Waals surface area contributed by atoms with Gasteiger partial charge in [-0.3, -0.25) is 0 Å². The molecule has 0 N–H and O–H groups in total. The van der Waals surface area contributed by atoms with Gasteiger partial charge in [0.2, 0.25) is 0 Å². The lowest BCUT2D eigenvalue weighted by Gasteiger charge is -2.26. The number of rotatable bonds is 5. The van der Waals surface area contributed by atoms with E-state index in [1.807, 2.05) is 12.1 Å². The van der Waals surface area contributed by atoms with Crippen molar-refractivity contribution in [3.05, 3.63) is 158 Å². The first-order chi connectivity index (χ1) is 23.3. The van der Waals surface area contributed by atoms with Crippen LogP contribution in [0.1, 0.15) is 0 Å². The van der Waals surface area contributed by atoms with E-state index in [4.69, 9.17) is 9.40 Å². The maximum absolute atomic E-state index is 6.22. The van der Waals surface area contributed by atoms with Gasteiger partial charge in [0.25, 0.3) is 0 Å². The monoisotopic (exact) mass is 618 g/mol. The fraction of sp³-hybridized carbons (Fsp3) is 0. The molecule has 0 spiro atoms. The van der Waals surface area contributed by atoms with Crippen molar-refractivity contribution in [1.29, 1.82) is 0 Å². The van der Waals surface area contributed by atoms with E-state index in [-0.39, 0.29) is 0 Å². The molecule has 9 aromatic rings. The number of nitrogens with zero attached hydrogens (tertiary/aromatic N) is 2. The smallest absolute Gasteiger partial charge is 0.135 e. The largest absolute Gasteiger partial charge is 0.456 e. The Hall–Kier alpha value is -5.97. The van der Waals surface area contributed by atoms with Crippen molar-refractivity contribution in [2.45, 2.75) is 0 Å². The Morgan fingerprint density at radius 2 is 1.19 bits per heavy atom. The van der Waals surface area contributed by atoms with E-state index >= 15 is 0 Å². The quantitative estimate of drug-likeness (QED) is 0.192. The van der Waals surface area contributed by atoms with Crippen molar-refractivity contribution in [2.75, 3.05) is 4.90 Å². The highest BCUT2D eigenvalue weighted by atomic mass is 32.1. The van der Waals surface area contributed by atoms with Gasteiger partial charge in [-0.15, -0.1) is 11.3 Å². The van der Waals surface area contributed by atoms with Gasteiger partial charge in [0.05, 0.1) is 10.6 Å². The summed E-state index contributed by atoms with van der Waals surface area (Å²) in [6.07, 6.45) is 0. The summed E-state index contributed by atoms with van der Waals surface area (Å²) in [6, 6.07) is 56.0. The van der Waals surface area contributed by atoms with E-state index in [0.717, 1.165) is 55.3 Å². The van der Waals surface area contributed by atoms with E-state index < -0.39 is 0 Å². The molecule has 0 fully saturated rings. The molecule has 1 aliphatic rings. The molecule has 0 bridgehead atoms. The normalized spacial score (nSPS) is 11.8. The summed E-state index contributed by atoms with van der Waals surface area (Å²) >= 11 is 1.78. The summed E-state index contributed by atoms with van der Waals surface area (Å²) in [5, 5.41) is 5.76. The minimum Gasteiger partial charge on any atom is -0.456 e. The molecule has 47 heavy (non-hydrogen) atoms. The summed E-state index contributed by atoms with van der Waals surface area (Å²) < 4.78 is 6.22. The molecule has 0 saturated heterocycles. The predicted octanol–water partition coefficient (Wildman–Crippen LogP) is 12.6. The second-order valence-electron chi connectivity index (χ2n) is 12.0. The van der Waals surface area contributed by atoms with Gasteiger partial charge >= 0.3 is 0 Å². The highest BCUT2D eigenvalue weighted by Gasteiger charge is 2.28. The van der Waals surface area contributed by atoms with Crippen LogP contribution in [0.15, 0.2) is 162 Å². The Kier molecular flexibility index (Phi) is 5.74. The number of para-hydroxylation sites is 1. The third kappa shape index (κ3) is 4.16. The van der Waals surface area contributed by atoms with Gasteiger partial charge in [-0.1, -0.05) is 109 Å². The molecular weight excluding hydrogens is 593 g/mol. The Labute approximate surface area is 275 Å². The molecule has 220 valence electrons. The molecular formula is C43H26N2OS. The van der Waals surface area contributed by atoms with Crippen molar-refractivity contribution in [2.24, 2.45) is 0 Å². The summed E-state index contributed by atoms with van der Waals surface area (Å²) in [5.74, 6) is 0. The number of hydrogen-bond donors (Lipinski definition) is 0. The third-order valence-corrected chi connectivity index (χ3v) is 10.4. The molecule has 0 atom stereocenters. The van der Waals surface area contributed by atoms with E-state index in [1.165, 1.54) is 37.9 Å². The second-order valence-corrected chi connectivity index (χ2v) is 13.0. The van der Waals surface area contributed by atoms with Gasteiger partial charge in [0.15, 0.2) is 0 Å². The molecule has 3 nitrogen and oxygen atoms in total. The lowest BCUT2D eigenvalue weighted by molar-refractivity contribution is 0.669. The maximum Gasteiger partial charge on any atom is 0.135 e. The number of fused-ring (bicyclic) bond motifs is 6. The van der Waals surface area contributed by atoms with Gasteiger partial charge in [0.1, 0.15) is 16.2 Å². The maximum atomic E-state index is 6.22. The number of furan rings is 1. The highest BCUT2D eigenvalue weighted by molar-refractivity contribution is 7.19. The molecule has 4 heteroatoms. The Bertz CT molecular complexity index is 2620. The number of aromatic nitrogens is 1. The molecule has 0 unspecified atom stereocenters. The molecule has 1 aliphatic carbocycles. The van der Waals surface area contributed by atoms with Crippen LogP contribution in [0.2, 0.25) is 0 Å². The Morgan fingerprint density at radius 1 is 0.489 bits per heavy atom. The highest BCUT2D eigenvalue weighted by Crippen LogP contribution is 2.53. The average molecular weight is 619 g/mol. The van der Waals surface area contributed by atoms with Crippen LogP contribution < -0.4 is 4.90 Å². The topological polar surface area (TPSA) is 29.3 Å². The van der Waals surface area contributed by atoms with Crippen molar-refractivity contribution >= 4 is 61.1 Å². The predicted molar refractivity (Wildman–Crippen MR) is 197 cm³/mol. The van der Waals surface area contributed by atoms with Crippen molar-refractivity contribution in [1.82, 2.24) is 4.98 Å². The van der Waals surface area contributed by atoms with Gasteiger partial charge in [-0.2, -0.15) is 0 Å². The number of hydrogen-bond acceptors (Lipinski definition) is 4. The van der Waals surface area contributed by atoms with E-state index in [9.17, 15) is 0 Å². The van der Waals surface area contributed by atoms with Crippen molar-refractivity contribution in [3.63, 3.8) is 0 Å². The fourth-order valence-electron chi connectivity index (χ4n) is 7.04. The van der Waals surface area contributed by atoms with Crippen molar-refractivity contribution in [3.8, 4) is 43.4 Å². The minimum absolute atomic E-state index is 0.886. The van der Waals surface area contributed by atoms with Crippen LogP contribution in [0.25, 0.3) is 76.1 Å². The zero-order valence-electron chi connectivity index (χ0n) is 25.2. The zero-order chi connectivity index (χ0) is 30.9. The van der Waals surface area contributed by atoms with Crippen LogP contribution in [0, 0.1) is 0 Å². The molecule has 7 aromatic carbocycles.